The molecule has 1 aliphatic carbocycles. The van der Waals surface area contributed by atoms with Crippen LogP contribution in [0, 0.1) is 6.92 Å². The molecule has 1 aromatic heterocycles. The van der Waals surface area contributed by atoms with Gasteiger partial charge in [-0.05, 0) is 31.2 Å². The highest BCUT2D eigenvalue weighted by Crippen LogP contribution is 2.37. The van der Waals surface area contributed by atoms with Gasteiger partial charge in [-0.1, -0.05) is 35.0 Å². The first-order valence-electron chi connectivity index (χ1n) is 6.36. The van der Waals surface area contributed by atoms with Crippen molar-refractivity contribution in [2.45, 2.75) is 38.3 Å². The van der Waals surface area contributed by atoms with E-state index in [1.165, 1.54) is 30.4 Å². The molecule has 0 bridgehead atoms. The predicted octanol–water partition coefficient (Wildman–Crippen LogP) is 2.41. The van der Waals surface area contributed by atoms with Crippen LogP contribution in [0.2, 0.25) is 0 Å². The lowest BCUT2D eigenvalue weighted by atomic mass is 9.75. The van der Waals surface area contributed by atoms with Crippen molar-refractivity contribution in [2.24, 2.45) is 0 Å². The van der Waals surface area contributed by atoms with Crippen LogP contribution in [-0.4, -0.2) is 16.2 Å². The van der Waals surface area contributed by atoms with Crippen molar-refractivity contribution in [3.05, 3.63) is 47.6 Å². The van der Waals surface area contributed by atoms with Crippen LogP contribution in [0.1, 0.15) is 35.7 Å². The van der Waals surface area contributed by atoms with Crippen LogP contribution >= 0.6 is 0 Å². The highest BCUT2D eigenvalue weighted by molar-refractivity contribution is 5.27. The van der Waals surface area contributed by atoms with Crippen molar-refractivity contribution in [3.8, 4) is 0 Å². The van der Waals surface area contributed by atoms with E-state index in [1.807, 2.05) is 0 Å². The van der Waals surface area contributed by atoms with E-state index >= 15 is 0 Å². The minimum absolute atomic E-state index is 0.578. The predicted molar refractivity (Wildman–Crippen MR) is 68.1 cm³/mol. The normalized spacial score (nSPS) is 22.7. The van der Waals surface area contributed by atoms with Gasteiger partial charge < -0.3 is 9.84 Å². The van der Waals surface area contributed by atoms with E-state index in [1.54, 1.807) is 0 Å². The third kappa shape index (κ3) is 2.43. The van der Waals surface area contributed by atoms with E-state index in [0.717, 1.165) is 5.82 Å². The molecule has 0 radical (unpaired) electrons. The smallest absolute Gasteiger partial charge is 0.213 e. The zero-order valence-electron chi connectivity index (χ0n) is 10.5. The zero-order chi connectivity index (χ0) is 12.4. The molecule has 4 heteroatoms. The third-order valence-corrected chi connectivity index (χ3v) is 3.61. The van der Waals surface area contributed by atoms with Crippen LogP contribution in [0.3, 0.4) is 0 Å². The van der Waals surface area contributed by atoms with Gasteiger partial charge in [-0.25, -0.2) is 0 Å². The molecule has 0 unspecified atom stereocenters. The Hall–Kier alpha value is -1.68. The molecule has 94 valence electrons. The van der Waals surface area contributed by atoms with Gasteiger partial charge in [-0.15, -0.1) is 0 Å². The number of hydrogen-bond donors (Lipinski definition) is 1. The van der Waals surface area contributed by atoms with Crippen LogP contribution < -0.4 is 5.32 Å². The van der Waals surface area contributed by atoms with Crippen molar-refractivity contribution in [1.29, 1.82) is 0 Å². The van der Waals surface area contributed by atoms with Gasteiger partial charge in [0.25, 0.3) is 0 Å². The Morgan fingerprint density at radius 3 is 3.00 bits per heavy atom. The van der Waals surface area contributed by atoms with E-state index in [2.05, 4.69) is 46.6 Å². The second kappa shape index (κ2) is 4.90. The average molecular weight is 243 g/mol. The quantitative estimate of drug-likeness (QED) is 0.896. The Morgan fingerprint density at radius 2 is 2.28 bits per heavy atom. The monoisotopic (exact) mass is 243 g/mol. The Balaban J connectivity index is 1.48. The Kier molecular flexibility index (Phi) is 3.11. The lowest BCUT2D eigenvalue weighted by Gasteiger charge is -2.36. The molecule has 2 aromatic rings. The average Bonchev–Trinajstić information content (AvgIpc) is 2.80. The number of rotatable bonds is 4. The zero-order valence-corrected chi connectivity index (χ0v) is 10.5. The first kappa shape index (κ1) is 11.4. The minimum Gasteiger partial charge on any atom is -0.343 e. The maximum absolute atomic E-state index is 4.70. The number of benzene rings is 1. The molecule has 0 amide bonds. The summed E-state index contributed by atoms with van der Waals surface area (Å²) in [5.41, 5.74) is 2.81. The molecule has 1 aromatic carbocycles. The molecule has 1 N–H and O–H groups in total. The highest BCUT2D eigenvalue weighted by Gasteiger charge is 2.29. The van der Waals surface area contributed by atoms with Gasteiger partial charge in [0.05, 0.1) is 6.54 Å². The Labute approximate surface area is 106 Å². The summed E-state index contributed by atoms with van der Waals surface area (Å²) in [7, 11) is 0. The van der Waals surface area contributed by atoms with Crippen molar-refractivity contribution < 1.29 is 4.52 Å². The number of nitrogens with one attached hydrogen (secondary N) is 1. The maximum Gasteiger partial charge on any atom is 0.213 e. The summed E-state index contributed by atoms with van der Waals surface area (Å²) in [6.07, 6.45) is 3.76. The molecule has 0 atom stereocenters. The number of hydrogen-bond acceptors (Lipinski definition) is 4. The molecule has 1 aliphatic rings. The standard InChI is InChI=1S/C14H17N3O/c1-10-3-2-4-11(5-10)12-6-13(7-12)15-8-14-16-9-18-17-14/h2-5,9,12-13,15H,6-8H2,1H3. The molecule has 1 fully saturated rings. The number of aryl methyl sites for hydroxylation is 1. The summed E-state index contributed by atoms with van der Waals surface area (Å²) in [5.74, 6) is 1.43. The summed E-state index contributed by atoms with van der Waals surface area (Å²) in [6, 6.07) is 9.39. The highest BCUT2D eigenvalue weighted by atomic mass is 16.5. The van der Waals surface area contributed by atoms with Crippen molar-refractivity contribution in [3.63, 3.8) is 0 Å². The van der Waals surface area contributed by atoms with Gasteiger partial charge in [0.2, 0.25) is 6.39 Å². The van der Waals surface area contributed by atoms with E-state index in [9.17, 15) is 0 Å². The van der Waals surface area contributed by atoms with Gasteiger partial charge in [0.1, 0.15) is 0 Å². The van der Waals surface area contributed by atoms with Crippen molar-refractivity contribution in [1.82, 2.24) is 15.5 Å². The molecule has 0 aliphatic heterocycles. The van der Waals surface area contributed by atoms with Crippen LogP contribution in [0.4, 0.5) is 0 Å². The molecule has 0 saturated heterocycles. The molecular weight excluding hydrogens is 226 g/mol. The van der Waals surface area contributed by atoms with Gasteiger partial charge in [-0.2, -0.15) is 4.98 Å². The first-order valence-corrected chi connectivity index (χ1v) is 6.36. The van der Waals surface area contributed by atoms with Gasteiger partial charge in [0.15, 0.2) is 5.82 Å². The van der Waals surface area contributed by atoms with E-state index in [-0.39, 0.29) is 0 Å². The second-order valence-corrected chi connectivity index (χ2v) is 5.01. The Morgan fingerprint density at radius 1 is 1.39 bits per heavy atom. The molecule has 0 spiro atoms. The number of nitrogens with zero attached hydrogens (tertiary/aromatic N) is 2. The van der Waals surface area contributed by atoms with Crippen LogP contribution in [0.5, 0.6) is 0 Å². The topological polar surface area (TPSA) is 51.0 Å². The van der Waals surface area contributed by atoms with Crippen molar-refractivity contribution in [2.75, 3.05) is 0 Å². The van der Waals surface area contributed by atoms with Gasteiger partial charge >= 0.3 is 0 Å². The summed E-state index contributed by atoms with van der Waals surface area (Å²) < 4.78 is 4.70. The number of aromatic nitrogens is 2. The Bertz CT molecular complexity index is 504. The first-order chi connectivity index (χ1) is 8.81. The summed E-state index contributed by atoms with van der Waals surface area (Å²) in [4.78, 5) is 4.00. The second-order valence-electron chi connectivity index (χ2n) is 5.01. The fourth-order valence-electron chi connectivity index (χ4n) is 2.49. The fourth-order valence-corrected chi connectivity index (χ4v) is 2.49. The fraction of sp³-hybridized carbons (Fsp3) is 0.429. The lowest BCUT2D eigenvalue weighted by Crippen LogP contribution is -2.39. The van der Waals surface area contributed by atoms with Crippen LogP contribution in [0.25, 0.3) is 0 Å². The minimum atomic E-state index is 0.578. The van der Waals surface area contributed by atoms with Gasteiger partial charge in [-0.3, -0.25) is 0 Å². The largest absolute Gasteiger partial charge is 0.343 e. The third-order valence-electron chi connectivity index (χ3n) is 3.61. The van der Waals surface area contributed by atoms with E-state index < -0.39 is 0 Å². The molecule has 1 heterocycles. The molecule has 4 nitrogen and oxygen atoms in total. The molecule has 1 saturated carbocycles. The summed E-state index contributed by atoms with van der Waals surface area (Å²) >= 11 is 0. The van der Waals surface area contributed by atoms with E-state index in [0.29, 0.717) is 18.5 Å². The molecule has 18 heavy (non-hydrogen) atoms. The molecule has 3 rings (SSSR count). The van der Waals surface area contributed by atoms with Crippen LogP contribution in [0.15, 0.2) is 35.2 Å². The summed E-state index contributed by atoms with van der Waals surface area (Å²) in [6.45, 7) is 2.84. The van der Waals surface area contributed by atoms with E-state index in [4.69, 9.17) is 4.52 Å². The van der Waals surface area contributed by atoms with Gasteiger partial charge in [0, 0.05) is 6.04 Å². The SMILES string of the molecule is Cc1cccc(C2CC(NCc3ncon3)C2)c1. The maximum atomic E-state index is 4.70. The summed E-state index contributed by atoms with van der Waals surface area (Å²) in [5, 5.41) is 7.24. The van der Waals surface area contributed by atoms with Crippen molar-refractivity contribution >= 4 is 0 Å². The van der Waals surface area contributed by atoms with Crippen LogP contribution in [-0.2, 0) is 6.54 Å². The lowest BCUT2D eigenvalue weighted by molar-refractivity contribution is 0.285. The molecular formula is C14H17N3O.